The van der Waals surface area contributed by atoms with Crippen LogP contribution in [0.1, 0.15) is 12.8 Å². The second-order valence-electron chi connectivity index (χ2n) is 3.22. The Morgan fingerprint density at radius 2 is 2.38 bits per heavy atom. The molecule has 3 heteroatoms. The highest BCUT2D eigenvalue weighted by atomic mass is 16.5. The zero-order chi connectivity index (χ0) is 9.68. The average Bonchev–Trinajstić information content (AvgIpc) is 2.15. The lowest BCUT2D eigenvalue weighted by Crippen LogP contribution is -2.20. The Morgan fingerprint density at radius 1 is 1.62 bits per heavy atom. The van der Waals surface area contributed by atoms with Gasteiger partial charge < -0.3 is 9.64 Å². The average molecular weight is 181 g/mol. The molecule has 1 amide bonds. The molecule has 1 aliphatic rings. The number of hydrogen-bond donors (Lipinski definition) is 0. The minimum atomic E-state index is -0.00171. The van der Waals surface area contributed by atoms with Crippen LogP contribution < -0.4 is 0 Å². The molecule has 1 aliphatic heterocycles. The molecule has 0 aromatic rings. The molecule has 1 heterocycles. The zero-order valence-corrected chi connectivity index (χ0v) is 8.06. The molecule has 1 atom stereocenters. The minimum absolute atomic E-state index is 0.00171. The number of allylic oxidation sites excluding steroid dienone is 1. The van der Waals surface area contributed by atoms with Gasteiger partial charge in [0.15, 0.2) is 0 Å². The van der Waals surface area contributed by atoms with Gasteiger partial charge in [0.1, 0.15) is 6.10 Å². The van der Waals surface area contributed by atoms with Crippen LogP contribution in [0.5, 0.6) is 0 Å². The van der Waals surface area contributed by atoms with Gasteiger partial charge in [0.05, 0.1) is 6.26 Å². The summed E-state index contributed by atoms with van der Waals surface area (Å²) < 4.78 is 5.27. The Bertz CT molecular complexity index is 231. The predicted octanol–water partition coefficient (Wildman–Crippen LogP) is 1.32. The molecule has 13 heavy (non-hydrogen) atoms. The van der Waals surface area contributed by atoms with Crippen LogP contribution in [-0.2, 0) is 9.53 Å². The molecule has 0 saturated carbocycles. The highest BCUT2D eigenvalue weighted by molar-refractivity contribution is 5.87. The number of rotatable bonds is 2. The van der Waals surface area contributed by atoms with Crippen LogP contribution in [0.4, 0.5) is 0 Å². The second kappa shape index (κ2) is 4.70. The van der Waals surface area contributed by atoms with Crippen molar-refractivity contribution in [1.82, 2.24) is 4.90 Å². The molecular formula is C10H15NO2. The Hall–Kier alpha value is -1.25. The smallest absolute Gasteiger partial charge is 0.245 e. The van der Waals surface area contributed by atoms with E-state index < -0.39 is 0 Å². The van der Waals surface area contributed by atoms with Crippen LogP contribution >= 0.6 is 0 Å². The molecule has 0 bridgehead atoms. The van der Waals surface area contributed by atoms with Gasteiger partial charge in [-0.3, -0.25) is 4.79 Å². The molecule has 1 rings (SSSR count). The lowest BCUT2D eigenvalue weighted by molar-refractivity contribution is -0.123. The topological polar surface area (TPSA) is 29.5 Å². The van der Waals surface area contributed by atoms with Crippen molar-refractivity contribution >= 4 is 5.91 Å². The molecule has 0 fully saturated rings. The third kappa shape index (κ3) is 3.32. The first-order valence-corrected chi connectivity index (χ1v) is 4.40. The Labute approximate surface area is 78.7 Å². The monoisotopic (exact) mass is 181 g/mol. The van der Waals surface area contributed by atoms with E-state index in [0.717, 1.165) is 12.8 Å². The van der Waals surface area contributed by atoms with Crippen molar-refractivity contribution in [1.29, 1.82) is 0 Å². The maximum Gasteiger partial charge on any atom is 0.245 e. The predicted molar refractivity (Wildman–Crippen MR) is 51.1 cm³/mol. The Morgan fingerprint density at radius 3 is 2.92 bits per heavy atom. The molecule has 3 nitrogen and oxygen atoms in total. The number of nitrogens with zero attached hydrogens (tertiary/aromatic N) is 1. The fourth-order valence-electron chi connectivity index (χ4n) is 1.03. The third-order valence-corrected chi connectivity index (χ3v) is 1.86. The molecule has 0 aromatic carbocycles. The fourth-order valence-corrected chi connectivity index (χ4v) is 1.03. The van der Waals surface area contributed by atoms with Crippen molar-refractivity contribution < 1.29 is 9.53 Å². The quantitative estimate of drug-likeness (QED) is 0.601. The first-order chi connectivity index (χ1) is 6.20. The van der Waals surface area contributed by atoms with Gasteiger partial charge in [-0.15, -0.1) is 0 Å². The summed E-state index contributed by atoms with van der Waals surface area (Å²) in [5, 5.41) is 0. The SMILES string of the molecule is CN(C)C(=O)/C=C/C1CCC=CO1. The van der Waals surface area contributed by atoms with Crippen LogP contribution in [0.3, 0.4) is 0 Å². The first kappa shape index (κ1) is 9.84. The van der Waals surface area contributed by atoms with Crippen molar-refractivity contribution in [2.45, 2.75) is 18.9 Å². The molecule has 0 spiro atoms. The fraction of sp³-hybridized carbons (Fsp3) is 0.500. The number of amides is 1. The molecule has 0 N–H and O–H groups in total. The van der Waals surface area contributed by atoms with E-state index in [2.05, 4.69) is 0 Å². The number of hydrogen-bond acceptors (Lipinski definition) is 2. The summed E-state index contributed by atoms with van der Waals surface area (Å²) in [6.45, 7) is 0. The molecule has 72 valence electrons. The Balaban J connectivity index is 2.38. The summed E-state index contributed by atoms with van der Waals surface area (Å²) >= 11 is 0. The van der Waals surface area contributed by atoms with E-state index in [1.54, 1.807) is 26.4 Å². The summed E-state index contributed by atoms with van der Waals surface area (Å²) in [5.74, 6) is -0.00171. The maximum atomic E-state index is 11.2. The molecule has 1 unspecified atom stereocenters. The van der Waals surface area contributed by atoms with Crippen molar-refractivity contribution in [2.75, 3.05) is 14.1 Å². The van der Waals surface area contributed by atoms with Gasteiger partial charge in [0.25, 0.3) is 0 Å². The number of carbonyl (C=O) groups is 1. The highest BCUT2D eigenvalue weighted by Crippen LogP contribution is 2.10. The van der Waals surface area contributed by atoms with E-state index in [9.17, 15) is 4.79 Å². The summed E-state index contributed by atoms with van der Waals surface area (Å²) in [6.07, 6.45) is 9.08. The number of ether oxygens (including phenoxy) is 1. The van der Waals surface area contributed by atoms with Crippen LogP contribution in [0.25, 0.3) is 0 Å². The van der Waals surface area contributed by atoms with Crippen LogP contribution in [0, 0.1) is 0 Å². The maximum absolute atomic E-state index is 11.2. The van der Waals surface area contributed by atoms with Crippen molar-refractivity contribution in [3.05, 3.63) is 24.5 Å². The first-order valence-electron chi connectivity index (χ1n) is 4.40. The third-order valence-electron chi connectivity index (χ3n) is 1.86. The van der Waals surface area contributed by atoms with Gasteiger partial charge >= 0.3 is 0 Å². The Kier molecular flexibility index (Phi) is 3.55. The number of likely N-dealkylation sites (N-methyl/N-ethyl adjacent to an activating group) is 1. The van der Waals surface area contributed by atoms with Gasteiger partial charge in [-0.1, -0.05) is 0 Å². The van der Waals surface area contributed by atoms with E-state index in [1.165, 1.54) is 4.90 Å². The molecule has 0 radical (unpaired) electrons. The molecular weight excluding hydrogens is 166 g/mol. The molecule has 0 aromatic heterocycles. The molecule has 0 saturated heterocycles. The van der Waals surface area contributed by atoms with Gasteiger partial charge in [-0.2, -0.15) is 0 Å². The standard InChI is InChI=1S/C10H15NO2/c1-11(2)10(12)7-6-9-5-3-4-8-13-9/h4,6-9H,3,5H2,1-2H3/b7-6+. The normalized spacial score (nSPS) is 21.5. The van der Waals surface area contributed by atoms with Gasteiger partial charge in [0.2, 0.25) is 5.91 Å². The largest absolute Gasteiger partial charge is 0.494 e. The van der Waals surface area contributed by atoms with E-state index in [0.29, 0.717) is 0 Å². The van der Waals surface area contributed by atoms with E-state index in [4.69, 9.17) is 4.74 Å². The van der Waals surface area contributed by atoms with Crippen molar-refractivity contribution in [3.63, 3.8) is 0 Å². The van der Waals surface area contributed by atoms with E-state index >= 15 is 0 Å². The zero-order valence-electron chi connectivity index (χ0n) is 8.06. The summed E-state index contributed by atoms with van der Waals surface area (Å²) in [6, 6.07) is 0. The minimum Gasteiger partial charge on any atom is -0.494 e. The summed E-state index contributed by atoms with van der Waals surface area (Å²) in [7, 11) is 3.46. The van der Waals surface area contributed by atoms with Gasteiger partial charge in [0, 0.05) is 20.2 Å². The number of carbonyl (C=O) groups excluding carboxylic acids is 1. The van der Waals surface area contributed by atoms with Crippen molar-refractivity contribution in [2.24, 2.45) is 0 Å². The molecule has 0 aliphatic carbocycles. The highest BCUT2D eigenvalue weighted by Gasteiger charge is 2.07. The second-order valence-corrected chi connectivity index (χ2v) is 3.22. The van der Waals surface area contributed by atoms with E-state index in [-0.39, 0.29) is 12.0 Å². The van der Waals surface area contributed by atoms with Crippen molar-refractivity contribution in [3.8, 4) is 0 Å². The van der Waals surface area contributed by atoms with Gasteiger partial charge in [-0.05, 0) is 25.0 Å². The lowest BCUT2D eigenvalue weighted by atomic mass is 10.1. The van der Waals surface area contributed by atoms with Gasteiger partial charge in [-0.25, -0.2) is 0 Å². The van der Waals surface area contributed by atoms with Crippen LogP contribution in [0.15, 0.2) is 24.5 Å². The van der Waals surface area contributed by atoms with Crippen LogP contribution in [0.2, 0.25) is 0 Å². The lowest BCUT2D eigenvalue weighted by Gasteiger charge is -2.15. The van der Waals surface area contributed by atoms with Crippen LogP contribution in [-0.4, -0.2) is 31.0 Å². The van der Waals surface area contributed by atoms with E-state index in [1.807, 2.05) is 12.2 Å². The summed E-state index contributed by atoms with van der Waals surface area (Å²) in [4.78, 5) is 12.7. The summed E-state index contributed by atoms with van der Waals surface area (Å²) in [5.41, 5.74) is 0.